The Morgan fingerprint density at radius 1 is 1.28 bits per heavy atom. The maximum absolute atomic E-state index is 12.5. The summed E-state index contributed by atoms with van der Waals surface area (Å²) in [5, 5.41) is 2.88. The molecule has 2 aromatic carbocycles. The number of carbonyl (C=O) groups excluding carboxylic acids is 2. The molecule has 1 N–H and O–H groups in total. The maximum atomic E-state index is 12.5. The van der Waals surface area contributed by atoms with Crippen molar-refractivity contribution in [2.75, 3.05) is 23.4 Å². The average Bonchev–Trinajstić information content (AvgIpc) is 2.57. The molecule has 2 aromatic rings. The van der Waals surface area contributed by atoms with Crippen molar-refractivity contribution in [1.82, 2.24) is 0 Å². The van der Waals surface area contributed by atoms with Crippen molar-refractivity contribution in [3.63, 3.8) is 0 Å². The van der Waals surface area contributed by atoms with Crippen molar-refractivity contribution in [3.8, 4) is 5.75 Å². The Bertz CT molecular complexity index is 820. The van der Waals surface area contributed by atoms with E-state index in [0.717, 1.165) is 4.47 Å². The van der Waals surface area contributed by atoms with Gasteiger partial charge in [0.2, 0.25) is 0 Å². The quantitative estimate of drug-likeness (QED) is 0.837. The minimum atomic E-state index is -0.217. The number of carbonyl (C=O) groups is 2. The summed E-state index contributed by atoms with van der Waals surface area (Å²) in [6, 6.07) is 12.6. The molecular formula is C19H19BrN2O3. The Morgan fingerprint density at radius 2 is 2.04 bits per heavy atom. The Kier molecular flexibility index (Phi) is 5.08. The van der Waals surface area contributed by atoms with Gasteiger partial charge < -0.3 is 15.0 Å². The van der Waals surface area contributed by atoms with Gasteiger partial charge in [0.25, 0.3) is 11.8 Å². The third kappa shape index (κ3) is 3.85. The number of amides is 2. The first-order valence-electron chi connectivity index (χ1n) is 8.09. The minimum Gasteiger partial charge on any atom is -0.482 e. The van der Waals surface area contributed by atoms with Crippen LogP contribution in [-0.2, 0) is 4.79 Å². The first-order chi connectivity index (χ1) is 12.0. The van der Waals surface area contributed by atoms with E-state index in [0.29, 0.717) is 35.2 Å². The molecule has 0 aromatic heterocycles. The van der Waals surface area contributed by atoms with E-state index in [1.165, 1.54) is 0 Å². The number of hydrogen-bond acceptors (Lipinski definition) is 3. The lowest BCUT2D eigenvalue weighted by atomic mass is 10.1. The van der Waals surface area contributed by atoms with Crippen molar-refractivity contribution >= 4 is 39.1 Å². The molecule has 0 aliphatic carbocycles. The van der Waals surface area contributed by atoms with Gasteiger partial charge in [-0.25, -0.2) is 0 Å². The van der Waals surface area contributed by atoms with Crippen LogP contribution in [0.3, 0.4) is 0 Å². The van der Waals surface area contributed by atoms with E-state index >= 15 is 0 Å². The van der Waals surface area contributed by atoms with E-state index < -0.39 is 0 Å². The SMILES string of the molecule is CC(C)CN1C(=O)COc2ccc(NC(=O)c3ccccc3Br)cc21. The molecule has 1 aliphatic rings. The molecule has 0 radical (unpaired) electrons. The van der Waals surface area contributed by atoms with Crippen LogP contribution in [0.4, 0.5) is 11.4 Å². The number of hydrogen-bond donors (Lipinski definition) is 1. The summed E-state index contributed by atoms with van der Waals surface area (Å²) in [5.74, 6) is 0.689. The van der Waals surface area contributed by atoms with Crippen LogP contribution in [0.15, 0.2) is 46.9 Å². The first kappa shape index (κ1) is 17.5. The largest absolute Gasteiger partial charge is 0.482 e. The molecule has 0 bridgehead atoms. The van der Waals surface area contributed by atoms with Crippen molar-refractivity contribution in [2.24, 2.45) is 5.92 Å². The van der Waals surface area contributed by atoms with Gasteiger partial charge in [-0.05, 0) is 52.2 Å². The Morgan fingerprint density at radius 3 is 2.76 bits per heavy atom. The van der Waals surface area contributed by atoms with Gasteiger partial charge in [-0.2, -0.15) is 0 Å². The second-order valence-corrected chi connectivity index (χ2v) is 7.16. The Balaban J connectivity index is 1.87. The third-order valence-electron chi connectivity index (χ3n) is 3.83. The lowest BCUT2D eigenvalue weighted by Gasteiger charge is -2.31. The monoisotopic (exact) mass is 402 g/mol. The second-order valence-electron chi connectivity index (χ2n) is 6.30. The highest BCUT2D eigenvalue weighted by Crippen LogP contribution is 2.35. The van der Waals surface area contributed by atoms with E-state index in [1.54, 1.807) is 29.2 Å². The van der Waals surface area contributed by atoms with Gasteiger partial charge in [0.1, 0.15) is 5.75 Å². The normalized spacial score (nSPS) is 13.4. The number of rotatable bonds is 4. The Labute approximate surface area is 155 Å². The fourth-order valence-electron chi connectivity index (χ4n) is 2.69. The predicted octanol–water partition coefficient (Wildman–Crippen LogP) is 4.08. The van der Waals surface area contributed by atoms with Crippen LogP contribution in [0.25, 0.3) is 0 Å². The van der Waals surface area contributed by atoms with Crippen LogP contribution in [0.2, 0.25) is 0 Å². The van der Waals surface area contributed by atoms with Gasteiger partial charge in [-0.1, -0.05) is 26.0 Å². The molecule has 0 atom stereocenters. The number of ether oxygens (including phenoxy) is 1. The van der Waals surface area contributed by atoms with E-state index in [4.69, 9.17) is 4.74 Å². The van der Waals surface area contributed by atoms with Crippen LogP contribution < -0.4 is 15.0 Å². The summed E-state index contributed by atoms with van der Waals surface area (Å²) in [5.41, 5.74) is 1.85. The molecule has 130 valence electrons. The van der Waals surface area contributed by atoms with Gasteiger partial charge in [-0.15, -0.1) is 0 Å². The second kappa shape index (κ2) is 7.27. The summed E-state index contributed by atoms with van der Waals surface area (Å²) in [6.07, 6.45) is 0. The standard InChI is InChI=1S/C19H19BrN2O3/c1-12(2)10-22-16-9-13(7-8-17(16)25-11-18(22)23)21-19(24)14-5-3-4-6-15(14)20/h3-9,12H,10-11H2,1-2H3,(H,21,24). The number of benzene rings is 2. The fraction of sp³-hybridized carbons (Fsp3) is 0.263. The highest BCUT2D eigenvalue weighted by atomic mass is 79.9. The third-order valence-corrected chi connectivity index (χ3v) is 4.52. The van der Waals surface area contributed by atoms with Gasteiger partial charge >= 0.3 is 0 Å². The van der Waals surface area contributed by atoms with Crippen LogP contribution in [0, 0.1) is 5.92 Å². The summed E-state index contributed by atoms with van der Waals surface area (Å²) < 4.78 is 6.23. The topological polar surface area (TPSA) is 58.6 Å². The zero-order valence-electron chi connectivity index (χ0n) is 14.1. The molecule has 25 heavy (non-hydrogen) atoms. The molecule has 0 saturated carbocycles. The molecule has 2 amide bonds. The Hall–Kier alpha value is -2.34. The number of nitrogens with one attached hydrogen (secondary N) is 1. The molecule has 0 saturated heterocycles. The highest BCUT2D eigenvalue weighted by Gasteiger charge is 2.26. The van der Waals surface area contributed by atoms with Crippen molar-refractivity contribution in [2.45, 2.75) is 13.8 Å². The fourth-order valence-corrected chi connectivity index (χ4v) is 3.15. The van der Waals surface area contributed by atoms with Crippen molar-refractivity contribution in [3.05, 3.63) is 52.5 Å². The highest BCUT2D eigenvalue weighted by molar-refractivity contribution is 9.10. The minimum absolute atomic E-state index is 0.0440. The van der Waals surface area contributed by atoms with Gasteiger partial charge in [0, 0.05) is 16.7 Å². The number of halogens is 1. The van der Waals surface area contributed by atoms with Crippen LogP contribution in [-0.4, -0.2) is 25.0 Å². The molecular weight excluding hydrogens is 384 g/mol. The molecule has 6 heteroatoms. The zero-order valence-corrected chi connectivity index (χ0v) is 15.7. The molecule has 0 spiro atoms. The van der Waals surface area contributed by atoms with Crippen LogP contribution >= 0.6 is 15.9 Å². The summed E-state index contributed by atoms with van der Waals surface area (Å²) in [4.78, 5) is 26.4. The van der Waals surface area contributed by atoms with E-state index in [9.17, 15) is 9.59 Å². The molecule has 3 rings (SSSR count). The van der Waals surface area contributed by atoms with Crippen LogP contribution in [0.5, 0.6) is 5.75 Å². The predicted molar refractivity (Wildman–Crippen MR) is 101 cm³/mol. The van der Waals surface area contributed by atoms with E-state index in [1.807, 2.05) is 18.2 Å². The van der Waals surface area contributed by atoms with E-state index in [-0.39, 0.29) is 18.4 Å². The summed E-state index contributed by atoms with van der Waals surface area (Å²) in [6.45, 7) is 4.77. The lowest BCUT2D eigenvalue weighted by Crippen LogP contribution is -2.41. The smallest absolute Gasteiger partial charge is 0.265 e. The molecule has 1 heterocycles. The molecule has 0 unspecified atom stereocenters. The number of anilines is 2. The average molecular weight is 403 g/mol. The number of fused-ring (bicyclic) bond motifs is 1. The number of nitrogens with zero attached hydrogens (tertiary/aromatic N) is 1. The molecule has 5 nitrogen and oxygen atoms in total. The van der Waals surface area contributed by atoms with Crippen molar-refractivity contribution < 1.29 is 14.3 Å². The maximum Gasteiger partial charge on any atom is 0.265 e. The van der Waals surface area contributed by atoms with Gasteiger partial charge in [-0.3, -0.25) is 9.59 Å². The lowest BCUT2D eigenvalue weighted by molar-refractivity contribution is -0.121. The molecule has 1 aliphatic heterocycles. The van der Waals surface area contributed by atoms with E-state index in [2.05, 4.69) is 35.1 Å². The molecule has 0 fully saturated rings. The summed E-state index contributed by atoms with van der Waals surface area (Å²) >= 11 is 3.38. The summed E-state index contributed by atoms with van der Waals surface area (Å²) in [7, 11) is 0. The first-order valence-corrected chi connectivity index (χ1v) is 8.88. The zero-order chi connectivity index (χ0) is 18.0. The van der Waals surface area contributed by atoms with Crippen molar-refractivity contribution in [1.29, 1.82) is 0 Å². The van der Waals surface area contributed by atoms with Crippen LogP contribution in [0.1, 0.15) is 24.2 Å². The van der Waals surface area contributed by atoms with Gasteiger partial charge in [0.15, 0.2) is 6.61 Å². The van der Waals surface area contributed by atoms with Gasteiger partial charge in [0.05, 0.1) is 11.3 Å².